The summed E-state index contributed by atoms with van der Waals surface area (Å²) in [7, 11) is 8.33. The predicted octanol–water partition coefficient (Wildman–Crippen LogP) is -1.33. The van der Waals surface area contributed by atoms with Crippen molar-refractivity contribution in [1.82, 2.24) is 30.7 Å². The Kier molecular flexibility index (Phi) is 6.84. The summed E-state index contributed by atoms with van der Waals surface area (Å²) in [5.41, 5.74) is 9.28. The molecule has 0 atom stereocenters. The van der Waals surface area contributed by atoms with E-state index >= 15 is 0 Å². The van der Waals surface area contributed by atoms with Crippen LogP contribution in [0, 0.1) is 0 Å². The number of carbonyl (C=O) groups excluding carboxylic acids is 1. The predicted molar refractivity (Wildman–Crippen MR) is 111 cm³/mol. The number of hydrogen-bond acceptors (Lipinski definition) is 11. The third kappa shape index (κ3) is 4.44. The summed E-state index contributed by atoms with van der Waals surface area (Å²) in [6, 6.07) is 3.41. The smallest absolute Gasteiger partial charge is 0.294 e. The number of nitrogens with two attached hydrogens (primary N) is 1. The number of nitrogens with one attached hydrogen (secondary N) is 2. The molecule has 0 radical (unpaired) electrons. The summed E-state index contributed by atoms with van der Waals surface area (Å²) in [6.45, 7) is 0.398. The van der Waals surface area contributed by atoms with Crippen LogP contribution in [0.25, 0.3) is 5.82 Å². The van der Waals surface area contributed by atoms with E-state index < -0.39 is 5.91 Å². The van der Waals surface area contributed by atoms with Crippen LogP contribution in [0.5, 0.6) is 17.2 Å². The lowest BCUT2D eigenvalue weighted by molar-refractivity contribution is -0.873. The van der Waals surface area contributed by atoms with E-state index in [1.54, 1.807) is 12.1 Å². The summed E-state index contributed by atoms with van der Waals surface area (Å²) in [5, 5.41) is 19.2. The second-order valence-corrected chi connectivity index (χ2v) is 6.78. The maximum Gasteiger partial charge on any atom is 0.294 e. The van der Waals surface area contributed by atoms with Crippen LogP contribution in [-0.2, 0) is 6.54 Å². The first kappa shape index (κ1) is 22.5. The molecule has 2 aromatic heterocycles. The monoisotopic (exact) mass is 446 g/mol. The third-order valence-electron chi connectivity index (χ3n) is 4.30. The Labute approximate surface area is 182 Å². The quantitative estimate of drug-likeness (QED) is 0.264. The summed E-state index contributed by atoms with van der Waals surface area (Å²) in [5.74, 6) is 0.907. The number of nitrogen functional groups attached to an aromatic ring is 1. The number of benzene rings is 1. The van der Waals surface area contributed by atoms with Gasteiger partial charge in [0.15, 0.2) is 17.2 Å². The number of anilines is 1. The topological polar surface area (TPSA) is 169 Å². The maximum absolute atomic E-state index is 12.8. The van der Waals surface area contributed by atoms with Crippen molar-refractivity contribution in [2.75, 3.05) is 41.2 Å². The van der Waals surface area contributed by atoms with E-state index in [1.165, 1.54) is 32.2 Å². The molecule has 170 valence electrons. The first-order valence-corrected chi connectivity index (χ1v) is 9.35. The summed E-state index contributed by atoms with van der Waals surface area (Å²) >= 11 is 0. The van der Waals surface area contributed by atoms with E-state index in [-0.39, 0.29) is 17.3 Å². The highest BCUT2D eigenvalue weighted by Gasteiger charge is 2.25. The fraction of sp³-hybridized carbons (Fsp3) is 0.333. The van der Waals surface area contributed by atoms with Crippen molar-refractivity contribution in [2.24, 2.45) is 5.10 Å². The number of hydrazone groups is 1. The third-order valence-corrected chi connectivity index (χ3v) is 4.30. The van der Waals surface area contributed by atoms with Crippen molar-refractivity contribution in [3.05, 3.63) is 29.1 Å². The van der Waals surface area contributed by atoms with Gasteiger partial charge < -0.3 is 24.8 Å². The molecule has 0 aliphatic carbocycles. The molecule has 0 saturated heterocycles. The fourth-order valence-corrected chi connectivity index (χ4v) is 2.92. The average Bonchev–Trinajstić information content (AvgIpc) is 3.38. The number of ether oxygens (including phenoxy) is 3. The molecular weight excluding hydrogens is 422 g/mol. The number of rotatable bonds is 9. The molecule has 0 aliphatic rings. The lowest BCUT2D eigenvalue weighted by atomic mass is 10.2. The van der Waals surface area contributed by atoms with Crippen LogP contribution >= 0.6 is 0 Å². The number of carbonyl (C=O) groups is 1. The molecule has 2 heterocycles. The minimum Gasteiger partial charge on any atom is -0.493 e. The molecule has 0 bridgehead atoms. The Morgan fingerprint density at radius 1 is 1.22 bits per heavy atom. The standard InChI is InChI=1S/C18H23N9O5/c1-26(2)9-11-13(21-25-27(11)17-16(19)23-32-24-17)18(28)22-20-8-10-6-7-12(29-3)15(31-5)14(10)30-4/h6-8H,9H2,1-5H3,(H2,19,23)(H,22,28)/p+1. The van der Waals surface area contributed by atoms with E-state index in [2.05, 4.69) is 35.8 Å². The van der Waals surface area contributed by atoms with Crippen molar-refractivity contribution >= 4 is 17.9 Å². The van der Waals surface area contributed by atoms with Crippen LogP contribution in [-0.4, -0.2) is 72.9 Å². The number of amides is 1. The maximum atomic E-state index is 12.8. The minimum atomic E-state index is -0.571. The number of aromatic nitrogens is 5. The molecule has 3 rings (SSSR count). The first-order valence-electron chi connectivity index (χ1n) is 9.35. The largest absolute Gasteiger partial charge is 0.493 e. The highest BCUT2D eigenvalue weighted by atomic mass is 16.6. The van der Waals surface area contributed by atoms with Gasteiger partial charge in [-0.15, -0.1) is 5.10 Å². The Morgan fingerprint density at radius 3 is 2.56 bits per heavy atom. The van der Waals surface area contributed by atoms with Crippen molar-refractivity contribution in [2.45, 2.75) is 6.54 Å². The number of nitrogens with zero attached hydrogens (tertiary/aromatic N) is 6. The van der Waals surface area contributed by atoms with Crippen LogP contribution in [0.3, 0.4) is 0 Å². The molecule has 3 aromatic rings. The van der Waals surface area contributed by atoms with Crippen molar-refractivity contribution in [3.8, 4) is 23.1 Å². The summed E-state index contributed by atoms with van der Waals surface area (Å²) in [4.78, 5) is 13.8. The van der Waals surface area contributed by atoms with Gasteiger partial charge in [-0.3, -0.25) is 4.79 Å². The van der Waals surface area contributed by atoms with E-state index in [0.29, 0.717) is 35.1 Å². The SMILES string of the molecule is COc1ccc(C=NNC(=O)c2nnn(-c3nonc3N)c2C[NH+](C)C)c(OC)c1OC. The van der Waals surface area contributed by atoms with Gasteiger partial charge in [-0.1, -0.05) is 5.21 Å². The van der Waals surface area contributed by atoms with E-state index in [9.17, 15) is 4.79 Å². The number of quaternary nitrogens is 1. The molecule has 0 unspecified atom stereocenters. The summed E-state index contributed by atoms with van der Waals surface area (Å²) < 4.78 is 21.9. The lowest BCUT2D eigenvalue weighted by Crippen LogP contribution is -3.04. The highest BCUT2D eigenvalue weighted by molar-refractivity contribution is 5.94. The molecule has 4 N–H and O–H groups in total. The average molecular weight is 446 g/mol. The Hall–Kier alpha value is -4.20. The molecule has 1 aromatic carbocycles. The lowest BCUT2D eigenvalue weighted by Gasteiger charge is -2.13. The second-order valence-electron chi connectivity index (χ2n) is 6.78. The second kappa shape index (κ2) is 9.74. The van der Waals surface area contributed by atoms with Crippen LogP contribution in [0.2, 0.25) is 0 Å². The van der Waals surface area contributed by atoms with Gasteiger partial charge in [0, 0.05) is 5.56 Å². The van der Waals surface area contributed by atoms with E-state index in [4.69, 9.17) is 19.9 Å². The molecule has 0 saturated carbocycles. The first-order chi connectivity index (χ1) is 15.4. The van der Waals surface area contributed by atoms with Crippen LogP contribution < -0.4 is 30.3 Å². The van der Waals surface area contributed by atoms with Crippen LogP contribution in [0.1, 0.15) is 21.7 Å². The van der Waals surface area contributed by atoms with Gasteiger partial charge in [0.25, 0.3) is 5.91 Å². The fourth-order valence-electron chi connectivity index (χ4n) is 2.92. The Bertz CT molecular complexity index is 1120. The van der Waals surface area contributed by atoms with Crippen LogP contribution in [0.15, 0.2) is 21.9 Å². The zero-order valence-corrected chi connectivity index (χ0v) is 18.2. The van der Waals surface area contributed by atoms with Crippen molar-refractivity contribution in [1.29, 1.82) is 0 Å². The molecular formula is C18H24N9O5+. The zero-order chi connectivity index (χ0) is 23.3. The van der Waals surface area contributed by atoms with E-state index in [0.717, 1.165) is 4.90 Å². The van der Waals surface area contributed by atoms with E-state index in [1.807, 2.05) is 14.1 Å². The normalized spacial score (nSPS) is 11.2. The number of hydrogen-bond donors (Lipinski definition) is 3. The summed E-state index contributed by atoms with van der Waals surface area (Å²) in [6.07, 6.45) is 1.42. The van der Waals surface area contributed by atoms with Gasteiger partial charge in [0.1, 0.15) is 12.2 Å². The molecule has 14 nitrogen and oxygen atoms in total. The van der Waals surface area contributed by atoms with Gasteiger partial charge >= 0.3 is 0 Å². The van der Waals surface area contributed by atoms with Gasteiger partial charge in [-0.25, -0.2) is 10.1 Å². The van der Waals surface area contributed by atoms with Gasteiger partial charge in [-0.05, 0) is 22.4 Å². The Morgan fingerprint density at radius 2 is 1.97 bits per heavy atom. The van der Waals surface area contributed by atoms with Gasteiger partial charge in [0.2, 0.25) is 17.4 Å². The number of methoxy groups -OCH3 is 3. The van der Waals surface area contributed by atoms with Crippen LogP contribution in [0.4, 0.5) is 5.82 Å². The van der Waals surface area contributed by atoms with Crippen molar-refractivity contribution < 1.29 is 28.5 Å². The Balaban J connectivity index is 1.86. The molecule has 0 fully saturated rings. The molecule has 0 aliphatic heterocycles. The van der Waals surface area contributed by atoms with Gasteiger partial charge in [-0.2, -0.15) is 9.78 Å². The highest BCUT2D eigenvalue weighted by Crippen LogP contribution is 2.38. The molecule has 1 amide bonds. The molecule has 0 spiro atoms. The van der Waals surface area contributed by atoms with Crippen molar-refractivity contribution in [3.63, 3.8) is 0 Å². The van der Waals surface area contributed by atoms with Gasteiger partial charge in [0.05, 0.1) is 41.6 Å². The minimum absolute atomic E-state index is 0.0235. The molecule has 14 heteroatoms. The molecule has 32 heavy (non-hydrogen) atoms. The zero-order valence-electron chi connectivity index (χ0n) is 18.2.